The highest BCUT2D eigenvalue weighted by Crippen LogP contribution is 2.18. The van der Waals surface area contributed by atoms with Gasteiger partial charge in [-0.25, -0.2) is 4.98 Å². The van der Waals surface area contributed by atoms with E-state index in [0.717, 1.165) is 22.5 Å². The van der Waals surface area contributed by atoms with Crippen molar-refractivity contribution in [3.8, 4) is 0 Å². The molecule has 112 valence electrons. The van der Waals surface area contributed by atoms with Crippen LogP contribution >= 0.6 is 23.1 Å². The first-order valence-corrected chi connectivity index (χ1v) is 7.81. The first-order chi connectivity index (χ1) is 10.0. The quantitative estimate of drug-likeness (QED) is 0.614. The average Bonchev–Trinajstić information content (AvgIpc) is 3.04. The molecule has 0 unspecified atom stereocenters. The minimum absolute atomic E-state index is 0.0672. The summed E-state index contributed by atoms with van der Waals surface area (Å²) in [6.07, 6.45) is 0.468. The minimum atomic E-state index is -0.356. The number of aryl methyl sites for hydroxylation is 1. The molecule has 0 fully saturated rings. The third-order valence-corrected chi connectivity index (χ3v) is 3.79. The molecule has 8 nitrogen and oxygen atoms in total. The second kappa shape index (κ2) is 7.18. The Labute approximate surface area is 128 Å². The number of thiazole rings is 1. The van der Waals surface area contributed by atoms with E-state index in [4.69, 9.17) is 4.42 Å². The monoisotopic (exact) mass is 327 g/mol. The summed E-state index contributed by atoms with van der Waals surface area (Å²) < 4.78 is 5.41. The van der Waals surface area contributed by atoms with Crippen LogP contribution in [-0.2, 0) is 16.0 Å². The molecule has 2 amide bonds. The van der Waals surface area contributed by atoms with Crippen molar-refractivity contribution in [1.82, 2.24) is 26.0 Å². The topological polar surface area (TPSA) is 110 Å². The summed E-state index contributed by atoms with van der Waals surface area (Å²) in [7, 11) is 0. The van der Waals surface area contributed by atoms with Gasteiger partial charge in [0.1, 0.15) is 0 Å². The molecule has 2 N–H and O–H groups in total. The molecule has 0 aliphatic heterocycles. The smallest absolute Gasteiger partial charge is 0.277 e. The van der Waals surface area contributed by atoms with Gasteiger partial charge in [-0.1, -0.05) is 11.8 Å². The summed E-state index contributed by atoms with van der Waals surface area (Å²) >= 11 is 2.65. The first-order valence-electron chi connectivity index (χ1n) is 5.94. The van der Waals surface area contributed by atoms with Crippen LogP contribution in [0.15, 0.2) is 15.0 Å². The highest BCUT2D eigenvalue weighted by atomic mass is 32.2. The molecule has 0 aromatic carbocycles. The van der Waals surface area contributed by atoms with Gasteiger partial charge >= 0.3 is 0 Å². The Morgan fingerprint density at radius 1 is 1.38 bits per heavy atom. The molecule has 2 aromatic rings. The molecule has 2 heterocycles. The summed E-state index contributed by atoms with van der Waals surface area (Å²) in [5.41, 5.74) is 5.32. The van der Waals surface area contributed by atoms with Crippen LogP contribution in [-0.4, -0.2) is 32.7 Å². The summed E-state index contributed by atoms with van der Waals surface area (Å²) in [6, 6.07) is 0. The third-order valence-electron chi connectivity index (χ3n) is 2.15. The van der Waals surface area contributed by atoms with Gasteiger partial charge in [-0.2, -0.15) is 0 Å². The van der Waals surface area contributed by atoms with Gasteiger partial charge in [0, 0.05) is 12.3 Å². The van der Waals surface area contributed by atoms with Gasteiger partial charge in [-0.15, -0.1) is 21.5 Å². The van der Waals surface area contributed by atoms with Crippen molar-refractivity contribution < 1.29 is 14.0 Å². The Hall–Kier alpha value is -1.94. The van der Waals surface area contributed by atoms with Crippen LogP contribution in [0.5, 0.6) is 0 Å². The molecule has 0 radical (unpaired) electrons. The summed E-state index contributed by atoms with van der Waals surface area (Å²) in [4.78, 5) is 26.3. The van der Waals surface area contributed by atoms with E-state index < -0.39 is 0 Å². The third kappa shape index (κ3) is 5.16. The van der Waals surface area contributed by atoms with Crippen molar-refractivity contribution in [2.75, 3.05) is 5.75 Å². The van der Waals surface area contributed by atoms with Crippen molar-refractivity contribution in [2.45, 2.75) is 25.5 Å². The Morgan fingerprint density at radius 2 is 2.19 bits per heavy atom. The Balaban J connectivity index is 1.80. The molecular formula is C11H13N5O3S2. The number of nitrogens with zero attached hydrogens (tertiary/aromatic N) is 3. The van der Waals surface area contributed by atoms with E-state index in [1.807, 2.05) is 12.3 Å². The van der Waals surface area contributed by atoms with Gasteiger partial charge in [0.25, 0.3) is 5.22 Å². The molecule has 10 heteroatoms. The number of aromatic nitrogens is 3. The maximum atomic E-state index is 11.4. The van der Waals surface area contributed by atoms with Crippen LogP contribution in [0.1, 0.15) is 23.5 Å². The zero-order chi connectivity index (χ0) is 15.2. The molecule has 0 bridgehead atoms. The number of carbonyl (C=O) groups is 2. The molecule has 0 spiro atoms. The maximum absolute atomic E-state index is 11.4. The lowest BCUT2D eigenvalue weighted by atomic mass is 10.3. The fraction of sp³-hybridized carbons (Fsp3) is 0.364. The lowest BCUT2D eigenvalue weighted by Crippen LogP contribution is -2.41. The number of rotatable bonds is 5. The number of thioether (sulfide) groups is 1. The molecule has 0 aliphatic carbocycles. The summed E-state index contributed by atoms with van der Waals surface area (Å²) in [5.74, 6) is -0.181. The molecule has 0 saturated heterocycles. The van der Waals surface area contributed by atoms with Gasteiger partial charge in [0.2, 0.25) is 17.7 Å². The van der Waals surface area contributed by atoms with E-state index in [1.54, 1.807) is 11.3 Å². The molecular weight excluding hydrogens is 314 g/mol. The molecule has 2 aromatic heterocycles. The van der Waals surface area contributed by atoms with Crippen molar-refractivity contribution in [1.29, 1.82) is 0 Å². The first kappa shape index (κ1) is 15.4. The number of nitrogens with one attached hydrogen (secondary N) is 2. The standard InChI is InChI=1S/C11H13N5O3S2/c1-6(17)13-14-9(18)5-21-11-16-15-10(19-11)3-8-4-20-7(2)12-8/h4H,3,5H2,1-2H3,(H,13,17)(H,14,18). The second-order valence-corrected chi connectivity index (χ2v) is 6.00. The Bertz CT molecular complexity index is 639. The van der Waals surface area contributed by atoms with Crippen molar-refractivity contribution in [3.05, 3.63) is 22.0 Å². The lowest BCUT2D eigenvalue weighted by molar-refractivity contribution is -0.126. The SMILES string of the molecule is CC(=O)NNC(=O)CSc1nnc(Cc2csc(C)n2)o1. The second-order valence-electron chi connectivity index (χ2n) is 4.01. The molecule has 0 saturated carbocycles. The van der Waals surface area contributed by atoms with E-state index in [0.29, 0.717) is 17.5 Å². The van der Waals surface area contributed by atoms with Gasteiger partial charge in [0.05, 0.1) is 22.9 Å². The minimum Gasteiger partial charge on any atom is -0.416 e. The van der Waals surface area contributed by atoms with Crippen LogP contribution in [0.25, 0.3) is 0 Å². The van der Waals surface area contributed by atoms with Crippen molar-refractivity contribution in [2.24, 2.45) is 0 Å². The normalized spacial score (nSPS) is 10.4. The number of carbonyl (C=O) groups excluding carboxylic acids is 2. The van der Waals surface area contributed by atoms with Crippen LogP contribution in [0, 0.1) is 6.92 Å². The zero-order valence-electron chi connectivity index (χ0n) is 11.4. The van der Waals surface area contributed by atoms with Crippen molar-refractivity contribution in [3.63, 3.8) is 0 Å². The van der Waals surface area contributed by atoms with Gasteiger partial charge < -0.3 is 4.42 Å². The number of hydrazine groups is 1. The molecule has 0 atom stereocenters. The Kier molecular flexibility index (Phi) is 5.28. The maximum Gasteiger partial charge on any atom is 0.277 e. The van der Waals surface area contributed by atoms with E-state index in [9.17, 15) is 9.59 Å². The number of amides is 2. The largest absolute Gasteiger partial charge is 0.416 e. The fourth-order valence-electron chi connectivity index (χ4n) is 1.33. The number of hydrogen-bond acceptors (Lipinski definition) is 8. The lowest BCUT2D eigenvalue weighted by Gasteiger charge is -2.02. The van der Waals surface area contributed by atoms with E-state index in [1.165, 1.54) is 6.92 Å². The Morgan fingerprint density at radius 3 is 2.86 bits per heavy atom. The fourth-order valence-corrected chi connectivity index (χ4v) is 2.53. The van der Waals surface area contributed by atoms with Crippen molar-refractivity contribution >= 4 is 34.9 Å². The van der Waals surface area contributed by atoms with E-state index >= 15 is 0 Å². The summed E-state index contributed by atoms with van der Waals surface area (Å²) in [6.45, 7) is 3.23. The van der Waals surface area contributed by atoms with Crippen LogP contribution < -0.4 is 10.9 Å². The van der Waals surface area contributed by atoms with Gasteiger partial charge in [-0.3, -0.25) is 20.4 Å². The molecule has 21 heavy (non-hydrogen) atoms. The predicted octanol–water partition coefficient (Wildman–Crippen LogP) is 0.685. The van der Waals surface area contributed by atoms with Crippen LogP contribution in [0.3, 0.4) is 0 Å². The zero-order valence-corrected chi connectivity index (χ0v) is 13.0. The molecule has 2 rings (SSSR count). The molecule has 0 aliphatic rings. The van der Waals surface area contributed by atoms with Gasteiger partial charge in [-0.05, 0) is 6.92 Å². The van der Waals surface area contributed by atoms with E-state index in [2.05, 4.69) is 26.0 Å². The average molecular weight is 327 g/mol. The number of hydrogen-bond donors (Lipinski definition) is 2. The summed E-state index contributed by atoms with van der Waals surface area (Å²) in [5, 5.41) is 11.0. The highest BCUT2D eigenvalue weighted by Gasteiger charge is 2.11. The van der Waals surface area contributed by atoms with Crippen LogP contribution in [0.2, 0.25) is 0 Å². The predicted molar refractivity (Wildman–Crippen MR) is 76.6 cm³/mol. The van der Waals surface area contributed by atoms with Crippen LogP contribution in [0.4, 0.5) is 0 Å². The van der Waals surface area contributed by atoms with Gasteiger partial charge in [0.15, 0.2) is 0 Å². The highest BCUT2D eigenvalue weighted by molar-refractivity contribution is 7.99. The van der Waals surface area contributed by atoms with E-state index in [-0.39, 0.29) is 17.6 Å².